The normalized spacial score (nSPS) is 12.3. The summed E-state index contributed by atoms with van der Waals surface area (Å²) in [5.41, 5.74) is 2.75. The van der Waals surface area contributed by atoms with Crippen molar-refractivity contribution >= 4 is 0 Å². The Balaban J connectivity index is 2.15. The summed E-state index contributed by atoms with van der Waals surface area (Å²) in [7, 11) is 4.29. The van der Waals surface area contributed by atoms with Gasteiger partial charge in [-0.25, -0.2) is 0 Å². The minimum absolute atomic E-state index is 0.845. The largest absolute Gasteiger partial charge is 0.493 e. The Morgan fingerprint density at radius 2 is 0.938 bits per heavy atom. The molecule has 274 valence electrons. The van der Waals surface area contributed by atoms with Crippen molar-refractivity contribution in [2.24, 2.45) is 0 Å². The maximum Gasteiger partial charge on any atom is 0.122 e. The minimum atomic E-state index is 0.845. The second kappa shape index (κ2) is 34.8. The zero-order valence-electron chi connectivity index (χ0n) is 32.5. The van der Waals surface area contributed by atoms with Crippen molar-refractivity contribution in [1.29, 1.82) is 0 Å². The Hall–Kier alpha value is -2.06. The van der Waals surface area contributed by atoms with E-state index in [9.17, 15) is 0 Å². The lowest BCUT2D eigenvalue weighted by molar-refractivity contribution is 0.300. The van der Waals surface area contributed by atoms with Crippen molar-refractivity contribution in [3.63, 3.8) is 0 Å². The molecule has 2 nitrogen and oxygen atoms in total. The molecular weight excluding hydrogens is 583 g/mol. The lowest BCUT2D eigenvalue weighted by atomic mass is 10.0. The third-order valence-corrected chi connectivity index (χ3v) is 9.13. The first-order chi connectivity index (χ1) is 23.7. The number of ether oxygens (including phenoxy) is 1. The summed E-state index contributed by atoms with van der Waals surface area (Å²) in [6.07, 6.45) is 52.4. The molecule has 0 atom stereocenters. The number of benzene rings is 1. The van der Waals surface area contributed by atoms with Crippen LogP contribution in [0.4, 0.5) is 0 Å². The predicted octanol–water partition coefficient (Wildman–Crippen LogP) is 14.7. The molecule has 1 aromatic carbocycles. The van der Waals surface area contributed by atoms with E-state index in [1.807, 2.05) is 0 Å². The Morgan fingerprint density at radius 1 is 0.500 bits per heavy atom. The smallest absolute Gasteiger partial charge is 0.122 e. The van der Waals surface area contributed by atoms with E-state index in [4.69, 9.17) is 4.74 Å². The fraction of sp³-hybridized carbons (Fsp3) is 0.696. The molecule has 0 amide bonds. The molecule has 0 aliphatic rings. The van der Waals surface area contributed by atoms with Gasteiger partial charge in [0, 0.05) is 6.54 Å². The minimum Gasteiger partial charge on any atom is -0.493 e. The number of aryl methyl sites for hydroxylation is 1. The van der Waals surface area contributed by atoms with E-state index in [0.717, 1.165) is 44.6 Å². The van der Waals surface area contributed by atoms with Crippen molar-refractivity contribution in [2.45, 2.75) is 187 Å². The highest BCUT2D eigenvalue weighted by Gasteiger charge is 2.07. The summed E-state index contributed by atoms with van der Waals surface area (Å²) in [5, 5.41) is 0. The van der Waals surface area contributed by atoms with Gasteiger partial charge >= 0.3 is 0 Å². The van der Waals surface area contributed by atoms with Crippen LogP contribution in [0.25, 0.3) is 0 Å². The van der Waals surface area contributed by atoms with Crippen molar-refractivity contribution in [3.8, 4) is 5.75 Å². The van der Waals surface area contributed by atoms with Crippen molar-refractivity contribution in [2.75, 3.05) is 20.7 Å². The first kappa shape index (κ1) is 44.0. The highest BCUT2D eigenvalue weighted by Crippen LogP contribution is 2.24. The van der Waals surface area contributed by atoms with E-state index in [-0.39, 0.29) is 0 Å². The van der Waals surface area contributed by atoms with E-state index in [1.54, 1.807) is 0 Å². The van der Waals surface area contributed by atoms with Gasteiger partial charge in [-0.15, -0.1) is 0 Å². The maximum atomic E-state index is 6.42. The molecule has 0 saturated heterocycles. The van der Waals surface area contributed by atoms with E-state index in [2.05, 4.69) is 99.6 Å². The van der Waals surface area contributed by atoms with Gasteiger partial charge in [-0.2, -0.15) is 0 Å². The molecule has 0 spiro atoms. The Labute approximate surface area is 300 Å². The summed E-state index contributed by atoms with van der Waals surface area (Å²) in [4.78, 5) is 2.24. The summed E-state index contributed by atoms with van der Waals surface area (Å²) < 4.78 is 6.42. The lowest BCUT2D eigenvalue weighted by Gasteiger charge is -2.16. The molecule has 1 aromatic rings. The molecule has 0 fully saturated rings. The topological polar surface area (TPSA) is 12.5 Å². The summed E-state index contributed by atoms with van der Waals surface area (Å²) in [5.74, 6) is 1.14. The Kier molecular flexibility index (Phi) is 31.9. The molecule has 0 saturated carbocycles. The second-order valence-electron chi connectivity index (χ2n) is 14.3. The molecule has 48 heavy (non-hydrogen) atoms. The van der Waals surface area contributed by atoms with Gasteiger partial charge in [-0.05, 0) is 115 Å². The standard InChI is InChI=1S/C46H79NO/c1-5-7-9-11-13-15-17-19-21-23-24-26-28-30-32-34-36-38-45-40-39-44(43-47(3)4)42-46(45)48-41-37-35-33-31-29-27-25-22-20-18-16-14-12-10-8-6-2/h13-16,19-22,39-40,42H,5-12,17-18,23-38,41,43H2,1-4H3. The summed E-state index contributed by atoms with van der Waals surface area (Å²) in [6.45, 7) is 6.35. The van der Waals surface area contributed by atoms with Crippen LogP contribution in [0, 0.1) is 0 Å². The first-order valence-electron chi connectivity index (χ1n) is 20.7. The summed E-state index contributed by atoms with van der Waals surface area (Å²) >= 11 is 0. The van der Waals surface area contributed by atoms with E-state index < -0.39 is 0 Å². The monoisotopic (exact) mass is 662 g/mol. The Bertz CT molecular complexity index is 939. The second-order valence-corrected chi connectivity index (χ2v) is 14.3. The van der Waals surface area contributed by atoms with Crippen LogP contribution in [0.1, 0.15) is 185 Å². The van der Waals surface area contributed by atoms with Crippen molar-refractivity contribution in [1.82, 2.24) is 4.90 Å². The fourth-order valence-electron chi connectivity index (χ4n) is 6.16. The molecule has 0 bridgehead atoms. The number of rotatable bonds is 34. The van der Waals surface area contributed by atoms with Crippen LogP contribution in [0.2, 0.25) is 0 Å². The van der Waals surface area contributed by atoms with E-state index >= 15 is 0 Å². The molecule has 0 aliphatic carbocycles. The molecule has 2 heteroatoms. The quantitative estimate of drug-likeness (QED) is 0.0538. The molecule has 0 radical (unpaired) electrons. The van der Waals surface area contributed by atoms with Crippen LogP contribution in [-0.4, -0.2) is 25.6 Å². The van der Waals surface area contributed by atoms with Crippen molar-refractivity contribution in [3.05, 3.63) is 77.9 Å². The molecular formula is C46H79NO. The van der Waals surface area contributed by atoms with Crippen LogP contribution in [0.15, 0.2) is 66.8 Å². The van der Waals surface area contributed by atoms with Crippen LogP contribution >= 0.6 is 0 Å². The third kappa shape index (κ3) is 28.9. The highest BCUT2D eigenvalue weighted by atomic mass is 16.5. The van der Waals surface area contributed by atoms with Gasteiger partial charge in [0.2, 0.25) is 0 Å². The van der Waals surface area contributed by atoms with E-state index in [0.29, 0.717) is 0 Å². The van der Waals surface area contributed by atoms with Gasteiger partial charge in [-0.1, -0.05) is 158 Å². The molecule has 0 heterocycles. The van der Waals surface area contributed by atoms with Gasteiger partial charge in [0.1, 0.15) is 5.75 Å². The highest BCUT2D eigenvalue weighted by molar-refractivity contribution is 5.37. The van der Waals surface area contributed by atoms with Crippen LogP contribution in [0.5, 0.6) is 5.75 Å². The van der Waals surface area contributed by atoms with Crippen LogP contribution < -0.4 is 4.74 Å². The van der Waals surface area contributed by atoms with Crippen LogP contribution in [0.3, 0.4) is 0 Å². The molecule has 0 unspecified atom stereocenters. The zero-order valence-corrected chi connectivity index (χ0v) is 32.5. The van der Waals surface area contributed by atoms with Gasteiger partial charge in [0.05, 0.1) is 6.61 Å². The first-order valence-corrected chi connectivity index (χ1v) is 20.7. The zero-order chi connectivity index (χ0) is 34.6. The number of hydrogen-bond acceptors (Lipinski definition) is 2. The molecule has 1 rings (SSSR count). The van der Waals surface area contributed by atoms with E-state index in [1.165, 1.54) is 152 Å². The number of unbranched alkanes of at least 4 members (excludes halogenated alkanes) is 19. The number of allylic oxidation sites excluding steroid dienone is 8. The number of nitrogens with zero attached hydrogens (tertiary/aromatic N) is 1. The summed E-state index contributed by atoms with van der Waals surface area (Å²) in [6, 6.07) is 6.95. The van der Waals surface area contributed by atoms with Gasteiger partial charge in [0.15, 0.2) is 0 Å². The van der Waals surface area contributed by atoms with Gasteiger partial charge in [-0.3, -0.25) is 0 Å². The molecule has 0 aliphatic heterocycles. The molecule has 0 aromatic heterocycles. The average Bonchev–Trinajstić information content (AvgIpc) is 3.08. The third-order valence-electron chi connectivity index (χ3n) is 9.13. The van der Waals surface area contributed by atoms with Gasteiger partial charge < -0.3 is 9.64 Å². The SMILES string of the molecule is CCCCCC=CCC=CCCCCCCCCCc1ccc(CN(C)C)cc1OCCCCCCCCC=CCC=CCCCCC. The predicted molar refractivity (Wildman–Crippen MR) is 216 cm³/mol. The maximum absolute atomic E-state index is 6.42. The lowest BCUT2D eigenvalue weighted by Crippen LogP contribution is -2.11. The van der Waals surface area contributed by atoms with Gasteiger partial charge in [0.25, 0.3) is 0 Å². The average molecular weight is 662 g/mol. The molecule has 0 N–H and O–H groups in total. The van der Waals surface area contributed by atoms with Crippen molar-refractivity contribution < 1.29 is 4.74 Å². The van der Waals surface area contributed by atoms with Crippen LogP contribution in [-0.2, 0) is 13.0 Å². The number of hydrogen-bond donors (Lipinski definition) is 0. The Morgan fingerprint density at radius 3 is 1.42 bits per heavy atom. The fourth-order valence-corrected chi connectivity index (χ4v) is 6.16.